The zero-order chi connectivity index (χ0) is 19.5. The second kappa shape index (κ2) is 7.98. The van der Waals surface area contributed by atoms with Crippen LogP contribution >= 0.6 is 0 Å². The van der Waals surface area contributed by atoms with Crippen LogP contribution in [0.4, 0.5) is 11.5 Å². The van der Waals surface area contributed by atoms with Crippen LogP contribution in [0.1, 0.15) is 17.0 Å². The van der Waals surface area contributed by atoms with Crippen molar-refractivity contribution in [2.75, 3.05) is 43.2 Å². The van der Waals surface area contributed by atoms with Crippen molar-refractivity contribution in [3.8, 4) is 5.82 Å². The smallest absolute Gasteiger partial charge is 0.174 e. The molecule has 1 fully saturated rings. The molecule has 28 heavy (non-hydrogen) atoms. The number of rotatable bonds is 5. The maximum absolute atomic E-state index is 5.50. The van der Waals surface area contributed by atoms with E-state index in [0.717, 1.165) is 55.9 Å². The fraction of sp³-hybridized carbons (Fsp3) is 0.381. The Morgan fingerprint density at radius 1 is 1.11 bits per heavy atom. The van der Waals surface area contributed by atoms with Gasteiger partial charge in [0.25, 0.3) is 0 Å². The number of aromatic nitrogens is 4. The van der Waals surface area contributed by atoms with E-state index in [0.29, 0.717) is 0 Å². The predicted molar refractivity (Wildman–Crippen MR) is 110 cm³/mol. The van der Waals surface area contributed by atoms with E-state index in [2.05, 4.69) is 44.1 Å². The van der Waals surface area contributed by atoms with Crippen LogP contribution in [0.2, 0.25) is 0 Å². The van der Waals surface area contributed by atoms with E-state index in [1.807, 2.05) is 31.6 Å². The molecule has 7 nitrogen and oxygen atoms in total. The van der Waals surface area contributed by atoms with E-state index in [4.69, 9.17) is 9.72 Å². The van der Waals surface area contributed by atoms with Crippen molar-refractivity contribution in [3.63, 3.8) is 0 Å². The highest BCUT2D eigenvalue weighted by Gasteiger charge is 2.16. The average Bonchev–Trinajstić information content (AvgIpc) is 3.07. The summed E-state index contributed by atoms with van der Waals surface area (Å²) in [4.78, 5) is 13.7. The van der Waals surface area contributed by atoms with Gasteiger partial charge in [0.2, 0.25) is 0 Å². The molecular weight excluding hydrogens is 352 g/mol. The molecule has 146 valence electrons. The third-order valence-electron chi connectivity index (χ3n) is 4.98. The lowest BCUT2D eigenvalue weighted by Crippen LogP contribution is -2.37. The van der Waals surface area contributed by atoms with Gasteiger partial charge >= 0.3 is 0 Å². The molecule has 1 aliphatic heterocycles. The molecule has 0 amide bonds. The van der Waals surface area contributed by atoms with Gasteiger partial charge in [-0.25, -0.2) is 9.67 Å². The monoisotopic (exact) mass is 378 g/mol. The number of benzene rings is 1. The van der Waals surface area contributed by atoms with Crippen LogP contribution < -0.4 is 9.80 Å². The Morgan fingerprint density at radius 3 is 2.64 bits per heavy atom. The second-order valence-corrected chi connectivity index (χ2v) is 7.16. The van der Waals surface area contributed by atoms with Crippen molar-refractivity contribution in [2.45, 2.75) is 20.4 Å². The first-order chi connectivity index (χ1) is 13.6. The van der Waals surface area contributed by atoms with E-state index < -0.39 is 0 Å². The van der Waals surface area contributed by atoms with Crippen LogP contribution in [-0.2, 0) is 11.3 Å². The van der Waals surface area contributed by atoms with E-state index >= 15 is 0 Å². The molecule has 0 spiro atoms. The third kappa shape index (κ3) is 3.84. The highest BCUT2D eigenvalue weighted by Crippen LogP contribution is 2.24. The number of nitrogens with zero attached hydrogens (tertiary/aromatic N) is 6. The first kappa shape index (κ1) is 18.4. The number of ether oxygens (including phenoxy) is 1. The molecule has 1 aliphatic rings. The summed E-state index contributed by atoms with van der Waals surface area (Å²) < 4.78 is 7.33. The Bertz CT molecular complexity index is 948. The molecule has 0 aliphatic carbocycles. The second-order valence-electron chi connectivity index (χ2n) is 7.16. The number of anilines is 2. The minimum atomic E-state index is 0.733. The highest BCUT2D eigenvalue weighted by atomic mass is 16.5. The lowest BCUT2D eigenvalue weighted by atomic mass is 10.1. The summed E-state index contributed by atoms with van der Waals surface area (Å²) in [5.41, 5.74) is 4.55. The third-order valence-corrected chi connectivity index (χ3v) is 4.98. The van der Waals surface area contributed by atoms with Crippen LogP contribution in [0.15, 0.2) is 42.7 Å². The molecule has 2 aromatic heterocycles. The predicted octanol–water partition coefficient (Wildman–Crippen LogP) is 2.75. The molecule has 4 rings (SSSR count). The van der Waals surface area contributed by atoms with Gasteiger partial charge in [-0.3, -0.25) is 4.98 Å². The van der Waals surface area contributed by atoms with Crippen molar-refractivity contribution >= 4 is 11.5 Å². The Balaban J connectivity index is 1.57. The Labute approximate surface area is 165 Å². The van der Waals surface area contributed by atoms with Crippen LogP contribution in [0.25, 0.3) is 5.82 Å². The fourth-order valence-electron chi connectivity index (χ4n) is 3.59. The number of aryl methyl sites for hydroxylation is 2. The van der Waals surface area contributed by atoms with Crippen molar-refractivity contribution in [2.24, 2.45) is 0 Å². The van der Waals surface area contributed by atoms with Gasteiger partial charge in [0, 0.05) is 38.1 Å². The fourth-order valence-corrected chi connectivity index (χ4v) is 3.59. The molecular formula is C21H26N6O. The first-order valence-corrected chi connectivity index (χ1v) is 9.59. The van der Waals surface area contributed by atoms with Crippen LogP contribution in [-0.4, -0.2) is 53.1 Å². The van der Waals surface area contributed by atoms with Gasteiger partial charge in [0.05, 0.1) is 31.3 Å². The zero-order valence-corrected chi connectivity index (χ0v) is 16.7. The summed E-state index contributed by atoms with van der Waals surface area (Å²) >= 11 is 0. The zero-order valence-electron chi connectivity index (χ0n) is 16.7. The van der Waals surface area contributed by atoms with E-state index in [9.17, 15) is 0 Å². The van der Waals surface area contributed by atoms with Gasteiger partial charge in [-0.1, -0.05) is 18.2 Å². The van der Waals surface area contributed by atoms with E-state index in [1.165, 1.54) is 11.3 Å². The molecule has 0 atom stereocenters. The SMILES string of the molecule is Cc1cc(C)n(-c2cncc(N(C)Cc3ccccc3N3CCOCC3)n2)n1. The standard InChI is InChI=1S/C21H26N6O/c1-16-12-17(2)27(24-16)21-14-22-13-20(23-21)25(3)15-18-6-4-5-7-19(18)26-8-10-28-11-9-26/h4-7,12-14H,8-11,15H2,1-3H3. The summed E-state index contributed by atoms with van der Waals surface area (Å²) in [6.45, 7) is 8.16. The van der Waals surface area contributed by atoms with Crippen molar-refractivity contribution in [1.29, 1.82) is 0 Å². The number of morpholine rings is 1. The molecule has 1 saturated heterocycles. The molecule has 3 heterocycles. The Kier molecular flexibility index (Phi) is 5.25. The number of hydrogen-bond donors (Lipinski definition) is 0. The molecule has 1 aromatic carbocycles. The maximum Gasteiger partial charge on any atom is 0.174 e. The first-order valence-electron chi connectivity index (χ1n) is 9.59. The number of hydrogen-bond acceptors (Lipinski definition) is 6. The molecule has 7 heteroatoms. The summed E-state index contributed by atoms with van der Waals surface area (Å²) in [6.07, 6.45) is 3.55. The number of para-hydroxylation sites is 1. The minimum absolute atomic E-state index is 0.733. The summed E-state index contributed by atoms with van der Waals surface area (Å²) in [5.74, 6) is 1.55. The lowest BCUT2D eigenvalue weighted by Gasteiger charge is -2.31. The van der Waals surface area contributed by atoms with Gasteiger partial charge in [-0.05, 0) is 31.5 Å². The van der Waals surface area contributed by atoms with Gasteiger partial charge in [0.15, 0.2) is 5.82 Å². The van der Waals surface area contributed by atoms with Crippen molar-refractivity contribution in [3.05, 3.63) is 59.7 Å². The van der Waals surface area contributed by atoms with Crippen LogP contribution in [0.3, 0.4) is 0 Å². The van der Waals surface area contributed by atoms with Crippen LogP contribution in [0.5, 0.6) is 0 Å². The van der Waals surface area contributed by atoms with Gasteiger partial charge < -0.3 is 14.5 Å². The summed E-state index contributed by atoms with van der Waals surface area (Å²) in [7, 11) is 2.05. The van der Waals surface area contributed by atoms with Gasteiger partial charge in [0.1, 0.15) is 5.82 Å². The Hall–Kier alpha value is -2.93. The lowest BCUT2D eigenvalue weighted by molar-refractivity contribution is 0.122. The quantitative estimate of drug-likeness (QED) is 0.680. The van der Waals surface area contributed by atoms with E-state index in [-0.39, 0.29) is 0 Å². The van der Waals surface area contributed by atoms with Crippen LogP contribution in [0, 0.1) is 13.8 Å². The minimum Gasteiger partial charge on any atom is -0.378 e. The van der Waals surface area contributed by atoms with Crippen molar-refractivity contribution in [1.82, 2.24) is 19.7 Å². The average molecular weight is 378 g/mol. The van der Waals surface area contributed by atoms with Gasteiger partial charge in [-0.15, -0.1) is 0 Å². The molecule has 0 unspecified atom stereocenters. The van der Waals surface area contributed by atoms with E-state index in [1.54, 1.807) is 12.4 Å². The maximum atomic E-state index is 5.50. The molecule has 0 bridgehead atoms. The molecule has 0 N–H and O–H groups in total. The normalized spacial score (nSPS) is 14.3. The van der Waals surface area contributed by atoms with Crippen molar-refractivity contribution < 1.29 is 4.74 Å². The molecule has 3 aromatic rings. The largest absolute Gasteiger partial charge is 0.378 e. The summed E-state index contributed by atoms with van der Waals surface area (Å²) in [6, 6.07) is 10.6. The topological polar surface area (TPSA) is 59.3 Å². The highest BCUT2D eigenvalue weighted by molar-refractivity contribution is 5.55. The molecule has 0 saturated carbocycles. The summed E-state index contributed by atoms with van der Waals surface area (Å²) in [5, 5.41) is 4.52. The van der Waals surface area contributed by atoms with Gasteiger partial charge in [-0.2, -0.15) is 5.10 Å². The molecule has 0 radical (unpaired) electrons. The Morgan fingerprint density at radius 2 is 1.89 bits per heavy atom.